The maximum Gasteiger partial charge on any atom is 0.274 e. The Morgan fingerprint density at radius 3 is 2.21 bits per heavy atom. The molecule has 0 aliphatic carbocycles. The van der Waals surface area contributed by atoms with E-state index in [-0.39, 0.29) is 23.2 Å². The molecule has 0 atom stereocenters. The van der Waals surface area contributed by atoms with Gasteiger partial charge in [0.05, 0.1) is 0 Å². The van der Waals surface area contributed by atoms with Crippen molar-refractivity contribution in [2.45, 2.75) is 13.8 Å². The molecule has 0 aliphatic rings. The number of Topliss-reactive ketones (excluding diaryl/α,β-unsaturated/α-hetero) is 2. The van der Waals surface area contributed by atoms with Gasteiger partial charge in [-0.3, -0.25) is 14.4 Å². The lowest BCUT2D eigenvalue weighted by atomic mass is 10.1. The zero-order valence-corrected chi connectivity index (χ0v) is 15.4. The molecule has 1 aromatic heterocycles. The van der Waals surface area contributed by atoms with Gasteiger partial charge in [-0.25, -0.2) is 9.97 Å². The van der Waals surface area contributed by atoms with Gasteiger partial charge in [-0.2, -0.15) is 0 Å². The van der Waals surface area contributed by atoms with Crippen LogP contribution in [0.5, 0.6) is 0 Å². The first-order valence-corrected chi connectivity index (χ1v) is 8.56. The zero-order chi connectivity index (χ0) is 20.1. The van der Waals surface area contributed by atoms with Crippen molar-refractivity contribution in [3.05, 3.63) is 77.6 Å². The molecule has 28 heavy (non-hydrogen) atoms. The number of rotatable bonds is 6. The number of nitrogens with zero attached hydrogens (tertiary/aromatic N) is 2. The van der Waals surface area contributed by atoms with Gasteiger partial charge in [-0.15, -0.1) is 0 Å². The summed E-state index contributed by atoms with van der Waals surface area (Å²) in [7, 11) is 0. The first-order valence-electron chi connectivity index (χ1n) is 8.56. The Bertz CT molecular complexity index is 1050. The smallest absolute Gasteiger partial charge is 0.274 e. The largest absolute Gasteiger partial charge is 0.324 e. The lowest BCUT2D eigenvalue weighted by Gasteiger charge is -2.08. The average Bonchev–Trinajstić information content (AvgIpc) is 2.69. The quantitative estimate of drug-likeness (QED) is 0.635. The lowest BCUT2D eigenvalue weighted by Crippen LogP contribution is -2.15. The molecule has 0 aliphatic heterocycles. The SMILES string of the molecule is CC(=O)c1ccc(Nc2nccc(C(=O)Nc3cccc(C(C)=O)c3)n2)cc1. The summed E-state index contributed by atoms with van der Waals surface area (Å²) in [6, 6.07) is 15.0. The molecule has 7 nitrogen and oxygen atoms in total. The topological polar surface area (TPSA) is 101 Å². The standard InChI is InChI=1S/C21H18N4O3/c1-13(26)15-6-8-17(9-7-15)24-21-22-11-10-19(25-21)20(28)23-18-5-3-4-16(12-18)14(2)27/h3-12H,1-2H3,(H,23,28)(H,22,24,25). The molecular formula is C21H18N4O3. The number of amides is 1. The lowest BCUT2D eigenvalue weighted by molar-refractivity contribution is 0.100. The fourth-order valence-electron chi connectivity index (χ4n) is 2.47. The van der Waals surface area contributed by atoms with Crippen molar-refractivity contribution >= 4 is 34.8 Å². The van der Waals surface area contributed by atoms with E-state index in [1.807, 2.05) is 0 Å². The van der Waals surface area contributed by atoms with Crippen LogP contribution in [0, 0.1) is 0 Å². The third kappa shape index (κ3) is 4.64. The Kier molecular flexibility index (Phi) is 5.55. The highest BCUT2D eigenvalue weighted by atomic mass is 16.2. The van der Waals surface area contributed by atoms with E-state index in [1.54, 1.807) is 48.5 Å². The Hall–Kier alpha value is -3.87. The zero-order valence-electron chi connectivity index (χ0n) is 15.4. The van der Waals surface area contributed by atoms with Gasteiger partial charge in [0, 0.05) is 28.7 Å². The molecule has 0 saturated carbocycles. The minimum atomic E-state index is -0.418. The number of hydrogen-bond acceptors (Lipinski definition) is 6. The van der Waals surface area contributed by atoms with E-state index >= 15 is 0 Å². The first kappa shape index (κ1) is 18.9. The van der Waals surface area contributed by atoms with Crippen molar-refractivity contribution in [2.75, 3.05) is 10.6 Å². The van der Waals surface area contributed by atoms with Crippen LogP contribution in [0.1, 0.15) is 45.1 Å². The molecule has 3 aromatic rings. The number of carbonyl (C=O) groups excluding carboxylic acids is 3. The van der Waals surface area contributed by atoms with Crippen LogP contribution in [0.25, 0.3) is 0 Å². The van der Waals surface area contributed by atoms with E-state index < -0.39 is 5.91 Å². The summed E-state index contributed by atoms with van der Waals surface area (Å²) in [6.45, 7) is 2.96. The van der Waals surface area contributed by atoms with Gasteiger partial charge < -0.3 is 10.6 Å². The van der Waals surface area contributed by atoms with Crippen molar-refractivity contribution in [1.29, 1.82) is 0 Å². The second-order valence-corrected chi connectivity index (χ2v) is 6.12. The van der Waals surface area contributed by atoms with Crippen molar-refractivity contribution in [3.8, 4) is 0 Å². The summed E-state index contributed by atoms with van der Waals surface area (Å²) >= 11 is 0. The molecule has 7 heteroatoms. The molecule has 0 radical (unpaired) electrons. The highest BCUT2D eigenvalue weighted by Gasteiger charge is 2.11. The summed E-state index contributed by atoms with van der Waals surface area (Å²) < 4.78 is 0. The maximum absolute atomic E-state index is 12.5. The van der Waals surface area contributed by atoms with Crippen LogP contribution in [0.4, 0.5) is 17.3 Å². The molecule has 0 fully saturated rings. The highest BCUT2D eigenvalue weighted by Crippen LogP contribution is 2.16. The third-order valence-electron chi connectivity index (χ3n) is 3.96. The molecule has 1 heterocycles. The summed E-state index contributed by atoms with van der Waals surface area (Å²) in [5.41, 5.74) is 2.48. The van der Waals surface area contributed by atoms with Crippen LogP contribution in [0.15, 0.2) is 60.8 Å². The van der Waals surface area contributed by atoms with Crippen LogP contribution in [-0.2, 0) is 0 Å². The Labute approximate surface area is 161 Å². The third-order valence-corrected chi connectivity index (χ3v) is 3.96. The van der Waals surface area contributed by atoms with Crippen LogP contribution in [-0.4, -0.2) is 27.4 Å². The highest BCUT2D eigenvalue weighted by molar-refractivity contribution is 6.04. The van der Waals surface area contributed by atoms with Gasteiger partial charge in [0.15, 0.2) is 11.6 Å². The molecule has 2 aromatic carbocycles. The Balaban J connectivity index is 1.73. The molecular weight excluding hydrogens is 356 g/mol. The molecule has 2 N–H and O–H groups in total. The van der Waals surface area contributed by atoms with E-state index in [1.165, 1.54) is 26.1 Å². The molecule has 1 amide bonds. The molecule has 3 rings (SSSR count). The Morgan fingerprint density at radius 2 is 1.54 bits per heavy atom. The summed E-state index contributed by atoms with van der Waals surface area (Å²) in [5.74, 6) is -0.269. The maximum atomic E-state index is 12.5. The molecule has 0 bridgehead atoms. The van der Waals surface area contributed by atoms with E-state index in [4.69, 9.17) is 0 Å². The summed E-state index contributed by atoms with van der Waals surface area (Å²) in [5, 5.41) is 5.71. The number of carbonyl (C=O) groups is 3. The minimum absolute atomic E-state index is 0.0182. The Morgan fingerprint density at radius 1 is 0.821 bits per heavy atom. The van der Waals surface area contributed by atoms with Crippen molar-refractivity contribution in [2.24, 2.45) is 0 Å². The number of ketones is 2. The summed E-state index contributed by atoms with van der Waals surface area (Å²) in [4.78, 5) is 43.6. The van der Waals surface area contributed by atoms with E-state index in [9.17, 15) is 14.4 Å². The van der Waals surface area contributed by atoms with Crippen molar-refractivity contribution in [3.63, 3.8) is 0 Å². The average molecular weight is 374 g/mol. The fraction of sp³-hybridized carbons (Fsp3) is 0.0952. The van der Waals surface area contributed by atoms with E-state index in [2.05, 4.69) is 20.6 Å². The number of hydrogen-bond donors (Lipinski definition) is 2. The minimum Gasteiger partial charge on any atom is -0.324 e. The van der Waals surface area contributed by atoms with E-state index in [0.717, 1.165) is 0 Å². The van der Waals surface area contributed by atoms with Gasteiger partial charge in [-0.05, 0) is 56.3 Å². The van der Waals surface area contributed by atoms with Crippen LogP contribution in [0.3, 0.4) is 0 Å². The first-order chi connectivity index (χ1) is 13.4. The number of benzene rings is 2. The van der Waals surface area contributed by atoms with Crippen LogP contribution in [0.2, 0.25) is 0 Å². The van der Waals surface area contributed by atoms with Crippen LogP contribution >= 0.6 is 0 Å². The van der Waals surface area contributed by atoms with Gasteiger partial charge in [0.25, 0.3) is 5.91 Å². The monoisotopic (exact) mass is 374 g/mol. The predicted molar refractivity (Wildman–Crippen MR) is 106 cm³/mol. The molecule has 0 saturated heterocycles. The van der Waals surface area contributed by atoms with Crippen molar-refractivity contribution in [1.82, 2.24) is 9.97 Å². The number of aromatic nitrogens is 2. The van der Waals surface area contributed by atoms with Gasteiger partial charge >= 0.3 is 0 Å². The molecule has 0 spiro atoms. The fourth-order valence-corrected chi connectivity index (χ4v) is 2.47. The second-order valence-electron chi connectivity index (χ2n) is 6.12. The molecule has 0 unspecified atom stereocenters. The molecule has 140 valence electrons. The predicted octanol–water partition coefficient (Wildman–Crippen LogP) is 3.88. The van der Waals surface area contributed by atoms with E-state index in [0.29, 0.717) is 22.5 Å². The van der Waals surface area contributed by atoms with Crippen molar-refractivity contribution < 1.29 is 14.4 Å². The number of anilines is 3. The van der Waals surface area contributed by atoms with Crippen LogP contribution < -0.4 is 10.6 Å². The summed E-state index contributed by atoms with van der Waals surface area (Å²) in [6.07, 6.45) is 1.47. The second kappa shape index (κ2) is 8.22. The normalized spacial score (nSPS) is 10.2. The number of nitrogens with one attached hydrogen (secondary N) is 2. The van der Waals surface area contributed by atoms with Gasteiger partial charge in [0.2, 0.25) is 5.95 Å². The van der Waals surface area contributed by atoms with Gasteiger partial charge in [-0.1, -0.05) is 12.1 Å². The van der Waals surface area contributed by atoms with Gasteiger partial charge in [0.1, 0.15) is 5.69 Å².